The van der Waals surface area contributed by atoms with Crippen LogP contribution in [-0.2, 0) is 6.54 Å². The minimum atomic E-state index is -0.499. The molecule has 3 aromatic rings. The van der Waals surface area contributed by atoms with E-state index < -0.39 is 5.63 Å². The van der Waals surface area contributed by atoms with Crippen molar-refractivity contribution in [3.63, 3.8) is 0 Å². The molecule has 1 aromatic heterocycles. The Morgan fingerprint density at radius 3 is 2.90 bits per heavy atom. The van der Waals surface area contributed by atoms with Crippen LogP contribution in [0.15, 0.2) is 57.7 Å². The summed E-state index contributed by atoms with van der Waals surface area (Å²) < 4.78 is 5.27. The van der Waals surface area contributed by atoms with Crippen molar-refractivity contribution in [3.8, 4) is 0 Å². The maximum absolute atomic E-state index is 11.5. The first-order chi connectivity index (χ1) is 10.2. The summed E-state index contributed by atoms with van der Waals surface area (Å²) in [7, 11) is 0. The van der Waals surface area contributed by atoms with Crippen molar-refractivity contribution in [2.45, 2.75) is 12.6 Å². The lowest BCUT2D eigenvalue weighted by atomic mass is 9.98. The minimum Gasteiger partial charge on any atom is -0.422 e. The van der Waals surface area contributed by atoms with Gasteiger partial charge in [-0.05, 0) is 28.8 Å². The van der Waals surface area contributed by atoms with E-state index in [0.29, 0.717) is 5.58 Å². The van der Waals surface area contributed by atoms with Gasteiger partial charge in [0, 0.05) is 11.9 Å². The van der Waals surface area contributed by atoms with Crippen molar-refractivity contribution in [2.75, 3.05) is 0 Å². The van der Waals surface area contributed by atoms with Crippen molar-refractivity contribution < 1.29 is 4.42 Å². The number of nitrogens with one attached hydrogen (secondary N) is 1. The second kappa shape index (κ2) is 4.72. The van der Waals surface area contributed by atoms with Gasteiger partial charge in [-0.25, -0.2) is 4.79 Å². The number of hydrogen-bond donors (Lipinski definition) is 1. The summed E-state index contributed by atoms with van der Waals surface area (Å²) in [4.78, 5) is 11.5. The van der Waals surface area contributed by atoms with E-state index >= 15 is 0 Å². The molecule has 1 N–H and O–H groups in total. The van der Waals surface area contributed by atoms with E-state index in [1.807, 2.05) is 30.3 Å². The molecule has 104 valence electrons. The molecule has 1 aliphatic heterocycles. The molecule has 4 heteroatoms. The third-order valence-electron chi connectivity index (χ3n) is 3.91. The van der Waals surface area contributed by atoms with Gasteiger partial charge < -0.3 is 9.73 Å². The smallest absolute Gasteiger partial charge is 0.355 e. The largest absolute Gasteiger partial charge is 0.422 e. The van der Waals surface area contributed by atoms with Crippen molar-refractivity contribution in [3.05, 3.63) is 80.7 Å². The average molecular weight is 298 g/mol. The van der Waals surface area contributed by atoms with Crippen LogP contribution in [0.3, 0.4) is 0 Å². The zero-order valence-corrected chi connectivity index (χ0v) is 11.9. The fraction of sp³-hybridized carbons (Fsp3) is 0.118. The SMILES string of the molecule is O=c1oc2cc(C3NCc4ccccc43)ccc2cc1Cl. The van der Waals surface area contributed by atoms with Crippen molar-refractivity contribution >= 4 is 22.6 Å². The van der Waals surface area contributed by atoms with E-state index in [4.69, 9.17) is 16.0 Å². The van der Waals surface area contributed by atoms with Gasteiger partial charge in [-0.3, -0.25) is 0 Å². The van der Waals surface area contributed by atoms with E-state index in [1.165, 1.54) is 11.1 Å². The van der Waals surface area contributed by atoms with Gasteiger partial charge >= 0.3 is 5.63 Å². The van der Waals surface area contributed by atoms with Crippen LogP contribution in [0, 0.1) is 0 Å². The minimum absolute atomic E-state index is 0.111. The van der Waals surface area contributed by atoms with Crippen molar-refractivity contribution in [1.82, 2.24) is 5.32 Å². The predicted molar refractivity (Wildman–Crippen MR) is 82.6 cm³/mol. The summed E-state index contributed by atoms with van der Waals surface area (Å²) in [6.45, 7) is 0.851. The van der Waals surface area contributed by atoms with Gasteiger partial charge in [-0.15, -0.1) is 0 Å². The Kier molecular flexibility index (Phi) is 2.84. The fourth-order valence-corrected chi connectivity index (χ4v) is 3.03. The molecule has 0 bridgehead atoms. The molecular formula is C17H12ClNO2. The molecule has 1 aliphatic rings. The highest BCUT2D eigenvalue weighted by Crippen LogP contribution is 2.32. The van der Waals surface area contributed by atoms with Crippen molar-refractivity contribution in [2.24, 2.45) is 0 Å². The second-order valence-corrected chi connectivity index (χ2v) is 5.60. The molecule has 1 unspecified atom stereocenters. The summed E-state index contributed by atoms with van der Waals surface area (Å²) >= 11 is 5.80. The van der Waals surface area contributed by atoms with E-state index in [0.717, 1.165) is 17.5 Å². The Balaban J connectivity index is 1.85. The van der Waals surface area contributed by atoms with Gasteiger partial charge in [0.2, 0.25) is 0 Å². The molecule has 0 spiro atoms. The molecule has 3 nitrogen and oxygen atoms in total. The highest BCUT2D eigenvalue weighted by Gasteiger charge is 2.23. The lowest BCUT2D eigenvalue weighted by molar-refractivity contribution is 0.559. The Bertz CT molecular complexity index is 901. The van der Waals surface area contributed by atoms with Gasteiger partial charge in [-0.1, -0.05) is 48.0 Å². The van der Waals surface area contributed by atoms with Crippen LogP contribution in [0.2, 0.25) is 5.02 Å². The molecule has 0 fully saturated rings. The number of halogens is 1. The fourth-order valence-electron chi connectivity index (χ4n) is 2.88. The number of hydrogen-bond acceptors (Lipinski definition) is 3. The molecule has 0 radical (unpaired) electrons. The highest BCUT2D eigenvalue weighted by atomic mass is 35.5. The third kappa shape index (κ3) is 2.06. The third-order valence-corrected chi connectivity index (χ3v) is 4.18. The molecule has 21 heavy (non-hydrogen) atoms. The molecule has 0 saturated carbocycles. The molecule has 2 aromatic carbocycles. The molecule has 0 aliphatic carbocycles. The van der Waals surface area contributed by atoms with Gasteiger partial charge in [0.15, 0.2) is 0 Å². The van der Waals surface area contributed by atoms with Crippen LogP contribution in [0.5, 0.6) is 0 Å². The van der Waals surface area contributed by atoms with E-state index in [1.54, 1.807) is 6.07 Å². The number of rotatable bonds is 1. The van der Waals surface area contributed by atoms with E-state index in [2.05, 4.69) is 17.4 Å². The highest BCUT2D eigenvalue weighted by molar-refractivity contribution is 6.30. The maximum Gasteiger partial charge on any atom is 0.355 e. The van der Waals surface area contributed by atoms with Crippen LogP contribution < -0.4 is 10.9 Å². The zero-order valence-electron chi connectivity index (χ0n) is 11.1. The molecule has 0 amide bonds. The summed E-state index contributed by atoms with van der Waals surface area (Å²) in [6, 6.07) is 16.0. The Hall–Kier alpha value is -2.10. The molecule has 0 saturated heterocycles. The summed E-state index contributed by atoms with van der Waals surface area (Å²) in [5.41, 5.74) is 3.72. The van der Waals surface area contributed by atoms with Crippen LogP contribution in [-0.4, -0.2) is 0 Å². The first kappa shape index (κ1) is 12.6. The van der Waals surface area contributed by atoms with E-state index in [9.17, 15) is 4.79 Å². The molecular weight excluding hydrogens is 286 g/mol. The zero-order chi connectivity index (χ0) is 14.4. The van der Waals surface area contributed by atoms with Gasteiger partial charge in [0.1, 0.15) is 10.6 Å². The molecule has 4 rings (SSSR count). The van der Waals surface area contributed by atoms with Gasteiger partial charge in [0.25, 0.3) is 0 Å². The average Bonchev–Trinajstić information content (AvgIpc) is 2.92. The molecule has 1 atom stereocenters. The number of benzene rings is 2. The van der Waals surface area contributed by atoms with Crippen LogP contribution in [0.1, 0.15) is 22.7 Å². The van der Waals surface area contributed by atoms with Crippen molar-refractivity contribution in [1.29, 1.82) is 0 Å². The Labute approximate surface area is 126 Å². The van der Waals surface area contributed by atoms with Crippen LogP contribution >= 0.6 is 11.6 Å². The van der Waals surface area contributed by atoms with Crippen LogP contribution in [0.25, 0.3) is 11.0 Å². The summed E-state index contributed by atoms with van der Waals surface area (Å²) in [5, 5.41) is 4.42. The lowest BCUT2D eigenvalue weighted by Crippen LogP contribution is -2.13. The number of fused-ring (bicyclic) bond motifs is 2. The normalized spacial score (nSPS) is 17.1. The Morgan fingerprint density at radius 2 is 2.00 bits per heavy atom. The van der Waals surface area contributed by atoms with Crippen LogP contribution in [0.4, 0.5) is 0 Å². The first-order valence-electron chi connectivity index (χ1n) is 6.77. The molecule has 2 heterocycles. The van der Waals surface area contributed by atoms with Gasteiger partial charge in [0.05, 0.1) is 6.04 Å². The van der Waals surface area contributed by atoms with Gasteiger partial charge in [-0.2, -0.15) is 0 Å². The monoisotopic (exact) mass is 297 g/mol. The quantitative estimate of drug-likeness (QED) is 0.697. The maximum atomic E-state index is 11.5. The second-order valence-electron chi connectivity index (χ2n) is 5.19. The lowest BCUT2D eigenvalue weighted by Gasteiger charge is -2.13. The summed E-state index contributed by atoms with van der Waals surface area (Å²) in [6.07, 6.45) is 0. The predicted octanol–water partition coefficient (Wildman–Crippen LogP) is 3.64. The topological polar surface area (TPSA) is 42.2 Å². The standard InChI is InChI=1S/C17H12ClNO2/c18-14-7-10-5-6-11(8-15(10)21-17(14)20)16-13-4-2-1-3-12(13)9-19-16/h1-8,16,19H,9H2. The first-order valence-corrected chi connectivity index (χ1v) is 7.15. The Morgan fingerprint density at radius 1 is 1.14 bits per heavy atom. The van der Waals surface area contributed by atoms with E-state index in [-0.39, 0.29) is 11.1 Å². The summed E-state index contributed by atoms with van der Waals surface area (Å²) in [5.74, 6) is 0.